The lowest BCUT2D eigenvalue weighted by Gasteiger charge is -2.21. The number of nitrogens with one attached hydrogen (secondary N) is 1. The minimum atomic E-state index is -4.63. The molecule has 5 rings (SSSR count). The van der Waals surface area contributed by atoms with E-state index in [0.717, 1.165) is 10.6 Å². The Morgan fingerprint density at radius 3 is 2.68 bits per heavy atom. The zero-order valence-electron chi connectivity index (χ0n) is 13.7. The zero-order chi connectivity index (χ0) is 19.8. The highest BCUT2D eigenvalue weighted by Gasteiger charge is 2.35. The summed E-state index contributed by atoms with van der Waals surface area (Å²) in [7, 11) is 0. The summed E-state index contributed by atoms with van der Waals surface area (Å²) in [6.07, 6.45) is -4.63. The molecule has 3 heterocycles. The maximum absolute atomic E-state index is 13.3. The number of fused-ring (bicyclic) bond motifs is 8. The first kappa shape index (κ1) is 17.4. The number of aromatic nitrogens is 2. The SMILES string of the molecule is O=C1COc2ccc3c(c2N1)c1cc(Cl)cc(Cl)c1n1nc(C(F)(F)F)cc31. The summed E-state index contributed by atoms with van der Waals surface area (Å²) >= 11 is 12.5. The number of anilines is 1. The Balaban J connectivity index is 2.06. The van der Waals surface area contributed by atoms with Gasteiger partial charge < -0.3 is 10.1 Å². The number of hydrogen-bond donors (Lipinski definition) is 1. The summed E-state index contributed by atoms with van der Waals surface area (Å²) in [6.45, 7) is -0.148. The van der Waals surface area contributed by atoms with Crippen LogP contribution in [0, 0.1) is 0 Å². The predicted molar refractivity (Wildman–Crippen MR) is 99.4 cm³/mol. The standard InChI is InChI=1S/C18H8Cl2F3N3O2/c19-7-3-9-15-8(1-2-12-16(15)24-14(27)6-28-12)11-5-13(18(21,22)23)25-26(11)17(9)10(20)4-7/h1-5H,6H2,(H,24,27). The Labute approximate surface area is 164 Å². The van der Waals surface area contributed by atoms with Crippen molar-refractivity contribution in [2.24, 2.45) is 0 Å². The molecule has 28 heavy (non-hydrogen) atoms. The molecule has 0 saturated heterocycles. The van der Waals surface area contributed by atoms with Gasteiger partial charge in [0.05, 0.1) is 21.7 Å². The van der Waals surface area contributed by atoms with Gasteiger partial charge in [-0.1, -0.05) is 23.2 Å². The summed E-state index contributed by atoms with van der Waals surface area (Å²) in [5.74, 6) is 0.0371. The van der Waals surface area contributed by atoms with Gasteiger partial charge in [-0.15, -0.1) is 0 Å². The average Bonchev–Trinajstić information content (AvgIpc) is 3.06. The smallest absolute Gasteiger partial charge is 0.435 e. The number of halogens is 5. The van der Waals surface area contributed by atoms with E-state index in [-0.39, 0.29) is 28.6 Å². The fourth-order valence-corrected chi connectivity index (χ4v) is 4.07. The number of hydrogen-bond acceptors (Lipinski definition) is 3. The van der Waals surface area contributed by atoms with E-state index < -0.39 is 11.9 Å². The van der Waals surface area contributed by atoms with Gasteiger partial charge in [-0.2, -0.15) is 18.3 Å². The summed E-state index contributed by atoms with van der Waals surface area (Å²) in [4.78, 5) is 11.9. The Morgan fingerprint density at radius 1 is 1.14 bits per heavy atom. The summed E-state index contributed by atoms with van der Waals surface area (Å²) in [5.41, 5.74) is -0.251. The third kappa shape index (κ3) is 2.41. The minimum absolute atomic E-state index is 0.131. The normalized spacial score (nSPS) is 14.4. The molecule has 0 radical (unpaired) electrons. The summed E-state index contributed by atoms with van der Waals surface area (Å²) in [5, 5.41) is 8.25. The van der Waals surface area contributed by atoms with Gasteiger partial charge in [-0.25, -0.2) is 4.52 Å². The molecule has 0 unspecified atom stereocenters. The Kier molecular flexibility index (Phi) is 3.51. The fourth-order valence-electron chi connectivity index (χ4n) is 3.49. The molecule has 0 spiro atoms. The average molecular weight is 426 g/mol. The van der Waals surface area contributed by atoms with E-state index in [0.29, 0.717) is 32.6 Å². The molecule has 1 N–H and O–H groups in total. The van der Waals surface area contributed by atoms with Crippen molar-refractivity contribution in [1.82, 2.24) is 9.61 Å². The van der Waals surface area contributed by atoms with Crippen LogP contribution in [0.5, 0.6) is 5.75 Å². The van der Waals surface area contributed by atoms with Gasteiger partial charge in [-0.3, -0.25) is 4.79 Å². The van der Waals surface area contributed by atoms with Crippen LogP contribution < -0.4 is 10.1 Å². The second-order valence-corrected chi connectivity index (χ2v) is 7.15. The van der Waals surface area contributed by atoms with Crippen LogP contribution in [0.25, 0.3) is 27.2 Å². The Hall–Kier alpha value is -2.71. The quantitative estimate of drug-likeness (QED) is 0.389. The first-order chi connectivity index (χ1) is 13.2. The molecule has 0 fully saturated rings. The molecular formula is C18H8Cl2F3N3O2. The van der Waals surface area contributed by atoms with Gasteiger partial charge in [0.1, 0.15) is 5.75 Å². The van der Waals surface area contributed by atoms with E-state index in [1.165, 1.54) is 6.07 Å². The number of carbonyl (C=O) groups excluding carboxylic acids is 1. The van der Waals surface area contributed by atoms with E-state index in [1.807, 2.05) is 0 Å². The monoisotopic (exact) mass is 425 g/mol. The summed E-state index contributed by atoms with van der Waals surface area (Å²) < 4.78 is 46.5. The van der Waals surface area contributed by atoms with Gasteiger partial charge in [0.15, 0.2) is 12.3 Å². The van der Waals surface area contributed by atoms with Crippen molar-refractivity contribution in [3.05, 3.63) is 46.1 Å². The molecule has 0 aliphatic carbocycles. The molecule has 5 nitrogen and oxygen atoms in total. The lowest BCUT2D eigenvalue weighted by atomic mass is 10.0. The molecule has 0 saturated carbocycles. The molecule has 10 heteroatoms. The number of pyridine rings is 1. The molecule has 0 atom stereocenters. The lowest BCUT2D eigenvalue weighted by molar-refractivity contribution is -0.141. The van der Waals surface area contributed by atoms with Gasteiger partial charge in [0, 0.05) is 21.2 Å². The number of amides is 1. The van der Waals surface area contributed by atoms with Crippen LogP contribution in [0.1, 0.15) is 5.69 Å². The van der Waals surface area contributed by atoms with Crippen molar-refractivity contribution < 1.29 is 22.7 Å². The van der Waals surface area contributed by atoms with Crippen molar-refractivity contribution in [1.29, 1.82) is 0 Å². The second kappa shape index (κ2) is 5.65. The van der Waals surface area contributed by atoms with Gasteiger partial charge in [-0.05, 0) is 30.3 Å². The van der Waals surface area contributed by atoms with Gasteiger partial charge in [0.2, 0.25) is 0 Å². The number of carbonyl (C=O) groups is 1. The predicted octanol–water partition coefficient (Wildman–Crippen LogP) is 5.30. The zero-order valence-corrected chi connectivity index (χ0v) is 15.2. The van der Waals surface area contributed by atoms with Crippen LogP contribution >= 0.6 is 23.2 Å². The number of alkyl halides is 3. The molecule has 142 valence electrons. The molecule has 1 aliphatic rings. The number of nitrogens with zero attached hydrogens (tertiary/aromatic N) is 2. The first-order valence-electron chi connectivity index (χ1n) is 8.01. The van der Waals surface area contributed by atoms with Crippen LogP contribution in [-0.4, -0.2) is 22.1 Å². The molecule has 2 aromatic carbocycles. The second-order valence-electron chi connectivity index (χ2n) is 6.31. The molecule has 4 aromatic rings. The van der Waals surface area contributed by atoms with Crippen molar-refractivity contribution in [3.63, 3.8) is 0 Å². The van der Waals surface area contributed by atoms with E-state index in [1.54, 1.807) is 18.2 Å². The molecule has 0 bridgehead atoms. The Bertz CT molecular complexity index is 1330. The highest BCUT2D eigenvalue weighted by Crippen LogP contribution is 2.44. The van der Waals surface area contributed by atoms with Crippen molar-refractivity contribution >= 4 is 62.0 Å². The number of rotatable bonds is 0. The lowest BCUT2D eigenvalue weighted by Crippen LogP contribution is -2.25. The first-order valence-corrected chi connectivity index (χ1v) is 8.76. The van der Waals surface area contributed by atoms with Crippen LogP contribution in [0.15, 0.2) is 30.3 Å². The van der Waals surface area contributed by atoms with E-state index in [4.69, 9.17) is 27.9 Å². The third-order valence-corrected chi connectivity index (χ3v) is 5.08. The van der Waals surface area contributed by atoms with Gasteiger partial charge >= 0.3 is 6.18 Å². The van der Waals surface area contributed by atoms with Crippen LogP contribution in [0.4, 0.5) is 18.9 Å². The fraction of sp³-hybridized carbons (Fsp3) is 0.111. The summed E-state index contributed by atoms with van der Waals surface area (Å²) in [6, 6.07) is 7.16. The van der Waals surface area contributed by atoms with Crippen LogP contribution in [0.2, 0.25) is 10.0 Å². The number of benzene rings is 2. The molecule has 1 amide bonds. The highest BCUT2D eigenvalue weighted by atomic mass is 35.5. The molecular weight excluding hydrogens is 418 g/mol. The minimum Gasteiger partial charge on any atom is -0.482 e. The van der Waals surface area contributed by atoms with E-state index in [2.05, 4.69) is 10.4 Å². The van der Waals surface area contributed by atoms with Gasteiger partial charge in [0.25, 0.3) is 5.91 Å². The van der Waals surface area contributed by atoms with Crippen molar-refractivity contribution in [2.75, 3.05) is 11.9 Å². The maximum atomic E-state index is 13.3. The van der Waals surface area contributed by atoms with Crippen molar-refractivity contribution in [2.45, 2.75) is 6.18 Å². The van der Waals surface area contributed by atoms with E-state index >= 15 is 0 Å². The van der Waals surface area contributed by atoms with Crippen LogP contribution in [0.3, 0.4) is 0 Å². The molecule has 2 aromatic heterocycles. The Morgan fingerprint density at radius 2 is 1.93 bits per heavy atom. The number of ether oxygens (including phenoxy) is 1. The maximum Gasteiger partial charge on any atom is 0.435 e. The molecule has 1 aliphatic heterocycles. The largest absolute Gasteiger partial charge is 0.482 e. The van der Waals surface area contributed by atoms with E-state index in [9.17, 15) is 18.0 Å². The van der Waals surface area contributed by atoms with Crippen LogP contribution in [-0.2, 0) is 11.0 Å². The topological polar surface area (TPSA) is 55.6 Å². The van der Waals surface area contributed by atoms with Crippen molar-refractivity contribution in [3.8, 4) is 5.75 Å². The highest BCUT2D eigenvalue weighted by molar-refractivity contribution is 6.40. The third-order valence-electron chi connectivity index (χ3n) is 4.58.